The molecule has 0 spiro atoms. The van der Waals surface area contributed by atoms with Crippen molar-refractivity contribution in [3.05, 3.63) is 158 Å². The molecular formula is C43H26N4O. The summed E-state index contributed by atoms with van der Waals surface area (Å²) in [6.07, 6.45) is 0. The maximum atomic E-state index is 6.27. The lowest BCUT2D eigenvalue weighted by Crippen LogP contribution is -2.04. The van der Waals surface area contributed by atoms with E-state index in [1.54, 1.807) is 0 Å². The first-order valence-corrected chi connectivity index (χ1v) is 16.0. The SMILES string of the molecule is c1ccc(-c2nc(-c3cc4ccccc4cc3-n3c4ccccc4c4ccccc43)nc(-c3cccc4oc5ccccc5c34)n2)cc1. The predicted molar refractivity (Wildman–Crippen MR) is 195 cm³/mol. The highest BCUT2D eigenvalue weighted by atomic mass is 16.3. The third kappa shape index (κ3) is 4.08. The lowest BCUT2D eigenvalue weighted by atomic mass is 10.0. The summed E-state index contributed by atoms with van der Waals surface area (Å²) in [4.78, 5) is 15.6. The molecule has 10 rings (SSSR count). The Labute approximate surface area is 275 Å². The highest BCUT2D eigenvalue weighted by Gasteiger charge is 2.21. The number of rotatable bonds is 4. The van der Waals surface area contributed by atoms with Gasteiger partial charge in [0, 0.05) is 38.2 Å². The van der Waals surface area contributed by atoms with Crippen LogP contribution in [0.5, 0.6) is 0 Å². The van der Waals surface area contributed by atoms with Gasteiger partial charge in [0.25, 0.3) is 0 Å². The molecule has 0 aliphatic rings. The first-order valence-electron chi connectivity index (χ1n) is 16.0. The van der Waals surface area contributed by atoms with Crippen LogP contribution in [0.3, 0.4) is 0 Å². The van der Waals surface area contributed by atoms with Gasteiger partial charge < -0.3 is 8.98 Å². The van der Waals surface area contributed by atoms with Crippen LogP contribution in [0.1, 0.15) is 0 Å². The first kappa shape index (κ1) is 26.6. The normalized spacial score (nSPS) is 11.8. The van der Waals surface area contributed by atoms with Crippen LogP contribution in [0, 0.1) is 0 Å². The first-order chi connectivity index (χ1) is 23.8. The molecule has 0 aliphatic carbocycles. The van der Waals surface area contributed by atoms with Gasteiger partial charge in [0.15, 0.2) is 17.5 Å². The molecular weight excluding hydrogens is 589 g/mol. The molecule has 0 fully saturated rings. The van der Waals surface area contributed by atoms with E-state index in [9.17, 15) is 0 Å². The van der Waals surface area contributed by atoms with Crippen molar-refractivity contribution in [2.24, 2.45) is 0 Å². The molecule has 0 atom stereocenters. The monoisotopic (exact) mass is 614 g/mol. The molecule has 0 radical (unpaired) electrons. The quantitative estimate of drug-likeness (QED) is 0.198. The van der Waals surface area contributed by atoms with Gasteiger partial charge in [0.1, 0.15) is 11.2 Å². The fraction of sp³-hybridized carbons (Fsp3) is 0. The van der Waals surface area contributed by atoms with Gasteiger partial charge in [-0.2, -0.15) is 0 Å². The third-order valence-electron chi connectivity index (χ3n) is 9.24. The van der Waals surface area contributed by atoms with Gasteiger partial charge >= 0.3 is 0 Å². The predicted octanol–water partition coefficient (Wildman–Crippen LogP) is 11.0. The lowest BCUT2D eigenvalue weighted by molar-refractivity contribution is 0.669. The van der Waals surface area contributed by atoms with E-state index in [1.807, 2.05) is 60.7 Å². The van der Waals surface area contributed by atoms with Crippen LogP contribution in [0.4, 0.5) is 0 Å². The van der Waals surface area contributed by atoms with Gasteiger partial charge in [0.05, 0.1) is 16.7 Å². The van der Waals surface area contributed by atoms with E-state index in [0.29, 0.717) is 17.5 Å². The van der Waals surface area contributed by atoms with Gasteiger partial charge in [0.2, 0.25) is 0 Å². The van der Waals surface area contributed by atoms with Crippen molar-refractivity contribution >= 4 is 54.5 Å². The Morgan fingerprint density at radius 3 is 1.73 bits per heavy atom. The van der Waals surface area contributed by atoms with Gasteiger partial charge in [-0.05, 0) is 47.2 Å². The Morgan fingerprint density at radius 1 is 0.417 bits per heavy atom. The summed E-state index contributed by atoms with van der Waals surface area (Å²) < 4.78 is 8.62. The molecule has 224 valence electrons. The lowest BCUT2D eigenvalue weighted by Gasteiger charge is -2.16. The van der Waals surface area contributed by atoms with E-state index >= 15 is 0 Å². The molecule has 0 amide bonds. The van der Waals surface area contributed by atoms with Crippen LogP contribution >= 0.6 is 0 Å². The number of benzene rings is 7. The van der Waals surface area contributed by atoms with E-state index < -0.39 is 0 Å². The standard InChI is InChI=1S/C43H26N4O/c1-2-13-27(14-3-1)41-44-42(33-20-12-24-39-40(33)32-19-8-11-23-38(32)48-39)46-43(45-41)34-25-28-15-4-5-16-29(28)26-37(34)47-35-21-9-6-17-30(35)31-18-7-10-22-36(31)47/h1-26H. The molecule has 0 saturated carbocycles. The summed E-state index contributed by atoms with van der Waals surface area (Å²) in [6, 6.07) is 54.5. The molecule has 10 aromatic rings. The Balaban J connectivity index is 1.32. The molecule has 0 N–H and O–H groups in total. The summed E-state index contributed by atoms with van der Waals surface area (Å²) in [5.41, 5.74) is 7.64. The minimum atomic E-state index is 0.595. The molecule has 3 aromatic heterocycles. The number of hydrogen-bond donors (Lipinski definition) is 0. The number of para-hydroxylation sites is 3. The highest BCUT2D eigenvalue weighted by Crippen LogP contribution is 2.40. The Kier molecular flexibility index (Phi) is 5.81. The fourth-order valence-electron chi connectivity index (χ4n) is 7.07. The zero-order valence-corrected chi connectivity index (χ0v) is 25.7. The van der Waals surface area contributed by atoms with E-state index in [-0.39, 0.29) is 0 Å². The summed E-state index contributed by atoms with van der Waals surface area (Å²) in [7, 11) is 0. The molecule has 0 bridgehead atoms. The Morgan fingerprint density at radius 2 is 0.979 bits per heavy atom. The smallest absolute Gasteiger partial charge is 0.166 e. The number of aromatic nitrogens is 4. The van der Waals surface area contributed by atoms with Crippen molar-refractivity contribution in [2.45, 2.75) is 0 Å². The van der Waals surface area contributed by atoms with Crippen LogP contribution in [0.2, 0.25) is 0 Å². The van der Waals surface area contributed by atoms with Crippen LogP contribution in [0.25, 0.3) is 94.4 Å². The van der Waals surface area contributed by atoms with Crippen molar-refractivity contribution in [1.82, 2.24) is 19.5 Å². The summed E-state index contributed by atoms with van der Waals surface area (Å²) in [5.74, 6) is 1.81. The third-order valence-corrected chi connectivity index (χ3v) is 9.24. The fourth-order valence-corrected chi connectivity index (χ4v) is 7.07. The number of nitrogens with zero attached hydrogens (tertiary/aromatic N) is 4. The van der Waals surface area contributed by atoms with Crippen LogP contribution < -0.4 is 0 Å². The Bertz CT molecular complexity index is 2800. The number of fused-ring (bicyclic) bond motifs is 7. The topological polar surface area (TPSA) is 56.7 Å². The van der Waals surface area contributed by atoms with Crippen LogP contribution in [0.15, 0.2) is 162 Å². The van der Waals surface area contributed by atoms with Gasteiger partial charge in [-0.1, -0.05) is 121 Å². The van der Waals surface area contributed by atoms with Gasteiger partial charge in [-0.3, -0.25) is 0 Å². The van der Waals surface area contributed by atoms with Crippen molar-refractivity contribution < 1.29 is 4.42 Å². The summed E-state index contributed by atoms with van der Waals surface area (Å²) in [5, 5.41) is 6.68. The number of furan rings is 1. The molecule has 0 aliphatic heterocycles. The van der Waals surface area contributed by atoms with E-state index in [1.165, 1.54) is 10.8 Å². The Hall–Kier alpha value is -6.59. The highest BCUT2D eigenvalue weighted by molar-refractivity contribution is 6.12. The zero-order chi connectivity index (χ0) is 31.6. The molecule has 7 aromatic carbocycles. The molecule has 48 heavy (non-hydrogen) atoms. The molecule has 5 heteroatoms. The van der Waals surface area contributed by atoms with Crippen molar-refractivity contribution in [2.75, 3.05) is 0 Å². The zero-order valence-electron chi connectivity index (χ0n) is 25.7. The van der Waals surface area contributed by atoms with Crippen LogP contribution in [-0.4, -0.2) is 19.5 Å². The summed E-state index contributed by atoms with van der Waals surface area (Å²) >= 11 is 0. The average molecular weight is 615 g/mol. The second-order valence-corrected chi connectivity index (χ2v) is 12.0. The molecule has 3 heterocycles. The van der Waals surface area contributed by atoms with Crippen molar-refractivity contribution in [3.8, 4) is 39.9 Å². The molecule has 0 saturated heterocycles. The molecule has 0 unspecified atom stereocenters. The molecule has 5 nitrogen and oxygen atoms in total. The largest absolute Gasteiger partial charge is 0.456 e. The van der Waals surface area contributed by atoms with E-state index in [0.717, 1.165) is 66.1 Å². The maximum absolute atomic E-state index is 6.27. The van der Waals surface area contributed by atoms with E-state index in [2.05, 4.69) is 102 Å². The van der Waals surface area contributed by atoms with E-state index in [4.69, 9.17) is 19.4 Å². The minimum absolute atomic E-state index is 0.595. The average Bonchev–Trinajstić information content (AvgIpc) is 3.70. The van der Waals surface area contributed by atoms with Gasteiger partial charge in [-0.25, -0.2) is 15.0 Å². The van der Waals surface area contributed by atoms with Gasteiger partial charge in [-0.15, -0.1) is 0 Å². The second-order valence-electron chi connectivity index (χ2n) is 12.0. The van der Waals surface area contributed by atoms with Crippen molar-refractivity contribution in [1.29, 1.82) is 0 Å². The second kappa shape index (κ2) is 10.5. The van der Waals surface area contributed by atoms with Crippen LogP contribution in [-0.2, 0) is 0 Å². The maximum Gasteiger partial charge on any atom is 0.166 e. The summed E-state index contributed by atoms with van der Waals surface area (Å²) in [6.45, 7) is 0. The number of hydrogen-bond acceptors (Lipinski definition) is 4. The van der Waals surface area contributed by atoms with Crippen molar-refractivity contribution in [3.63, 3.8) is 0 Å². The minimum Gasteiger partial charge on any atom is -0.456 e.